The standard InChI is InChI=1S/C9H8O3/c10-8-4-1-7(2-5-8)3-6-9(11)12/h1-6,10H,(H,11,12)/b6-3+/i1D,2D,3D,4D,5D,6D. The summed E-state index contributed by atoms with van der Waals surface area (Å²) in [6.07, 6.45) is 0. The van der Waals surface area contributed by atoms with Gasteiger partial charge in [0.15, 0.2) is 0 Å². The lowest BCUT2D eigenvalue weighted by atomic mass is 10.2. The van der Waals surface area contributed by atoms with Crippen molar-refractivity contribution in [3.05, 3.63) is 35.8 Å². The molecule has 0 aliphatic heterocycles. The van der Waals surface area contributed by atoms with E-state index in [1.807, 2.05) is 0 Å². The van der Waals surface area contributed by atoms with Crippen LogP contribution in [0.2, 0.25) is 0 Å². The number of phenols is 1. The molecule has 0 spiro atoms. The van der Waals surface area contributed by atoms with Crippen molar-refractivity contribution in [2.45, 2.75) is 0 Å². The third-order valence-electron chi connectivity index (χ3n) is 0.906. The zero-order valence-corrected chi connectivity index (χ0v) is 5.80. The molecule has 0 aliphatic carbocycles. The molecule has 0 fully saturated rings. The summed E-state index contributed by atoms with van der Waals surface area (Å²) < 4.78 is 44.0. The van der Waals surface area contributed by atoms with Gasteiger partial charge in [-0.3, -0.25) is 0 Å². The van der Waals surface area contributed by atoms with Crippen LogP contribution < -0.4 is 0 Å². The second-order valence-corrected chi connectivity index (χ2v) is 1.78. The van der Waals surface area contributed by atoms with Crippen LogP contribution in [0.1, 0.15) is 13.8 Å². The molecular weight excluding hydrogens is 156 g/mol. The quantitative estimate of drug-likeness (QED) is 0.661. The van der Waals surface area contributed by atoms with Gasteiger partial charge in [0.2, 0.25) is 0 Å². The van der Waals surface area contributed by atoms with Gasteiger partial charge in [0.25, 0.3) is 0 Å². The first kappa shape index (κ1) is 3.31. The summed E-state index contributed by atoms with van der Waals surface area (Å²) in [5.74, 6) is -2.60. The van der Waals surface area contributed by atoms with Crippen molar-refractivity contribution in [2.75, 3.05) is 0 Å². The van der Waals surface area contributed by atoms with Gasteiger partial charge in [0.1, 0.15) is 5.75 Å². The number of carbonyl (C=O) groups is 1. The fourth-order valence-corrected chi connectivity index (χ4v) is 0.484. The zero-order valence-electron chi connectivity index (χ0n) is 11.8. The summed E-state index contributed by atoms with van der Waals surface area (Å²) in [6, 6.07) is -5.18. The van der Waals surface area contributed by atoms with Gasteiger partial charge in [-0.2, -0.15) is 0 Å². The first-order valence-corrected chi connectivity index (χ1v) is 2.90. The molecule has 0 saturated carbocycles. The molecule has 1 rings (SSSR count). The number of aliphatic carboxylic acids is 1. The highest BCUT2D eigenvalue weighted by Gasteiger charge is 1.89. The van der Waals surface area contributed by atoms with E-state index in [2.05, 4.69) is 0 Å². The Hall–Kier alpha value is -1.77. The Balaban J connectivity index is 3.73. The lowest BCUT2D eigenvalue weighted by Crippen LogP contribution is -1.85. The number of hydrogen-bond donors (Lipinski definition) is 2. The highest BCUT2D eigenvalue weighted by molar-refractivity contribution is 5.85. The molecule has 0 saturated heterocycles. The highest BCUT2D eigenvalue weighted by atomic mass is 16.4. The normalized spacial score (nSPS) is 19.0. The summed E-state index contributed by atoms with van der Waals surface area (Å²) >= 11 is 0. The van der Waals surface area contributed by atoms with Gasteiger partial charge in [-0.15, -0.1) is 0 Å². The third-order valence-corrected chi connectivity index (χ3v) is 0.906. The van der Waals surface area contributed by atoms with Gasteiger partial charge >= 0.3 is 5.97 Å². The molecule has 0 atom stereocenters. The van der Waals surface area contributed by atoms with Crippen LogP contribution in [-0.4, -0.2) is 16.2 Å². The van der Waals surface area contributed by atoms with E-state index in [0.717, 1.165) is 0 Å². The van der Waals surface area contributed by atoms with Crippen molar-refractivity contribution >= 4 is 12.0 Å². The van der Waals surface area contributed by atoms with E-state index in [1.165, 1.54) is 0 Å². The number of hydrogen-bond acceptors (Lipinski definition) is 2. The minimum absolute atomic E-state index is 0.629. The summed E-state index contributed by atoms with van der Waals surface area (Å²) in [6.45, 7) is 0. The van der Waals surface area contributed by atoms with Crippen LogP contribution in [0.25, 0.3) is 6.05 Å². The van der Waals surface area contributed by atoms with E-state index < -0.39 is 53.6 Å². The molecule has 0 aromatic heterocycles. The number of aromatic hydroxyl groups is 1. The van der Waals surface area contributed by atoms with Crippen LogP contribution in [0, 0.1) is 0 Å². The Bertz CT molecular complexity index is 537. The summed E-state index contributed by atoms with van der Waals surface area (Å²) in [5, 5.41) is 17.8. The number of carboxylic acids is 1. The topological polar surface area (TPSA) is 57.5 Å². The maximum absolute atomic E-state index is 10.5. The van der Waals surface area contributed by atoms with Crippen molar-refractivity contribution < 1.29 is 23.2 Å². The first-order valence-electron chi connectivity index (χ1n) is 5.90. The van der Waals surface area contributed by atoms with Gasteiger partial charge in [-0.25, -0.2) is 4.79 Å². The zero-order chi connectivity index (χ0) is 14.2. The van der Waals surface area contributed by atoms with E-state index in [9.17, 15) is 9.90 Å². The average Bonchev–Trinajstić information content (AvgIpc) is 2.32. The predicted molar refractivity (Wildman–Crippen MR) is 44.8 cm³/mol. The molecule has 12 heavy (non-hydrogen) atoms. The van der Waals surface area contributed by atoms with Gasteiger partial charge in [-0.1, -0.05) is 12.1 Å². The first-order chi connectivity index (χ1) is 8.20. The SMILES string of the molecule is [2H]/C(C(=O)O)=C(/[2H])c1c([2H])c([2H])c(O)c([2H])c1[2H]. The predicted octanol–water partition coefficient (Wildman–Crippen LogP) is 1.49. The van der Waals surface area contributed by atoms with Crippen molar-refractivity contribution in [3.63, 3.8) is 0 Å². The van der Waals surface area contributed by atoms with E-state index in [1.54, 1.807) is 0 Å². The lowest BCUT2D eigenvalue weighted by molar-refractivity contribution is -0.131. The van der Waals surface area contributed by atoms with E-state index in [4.69, 9.17) is 13.3 Å². The molecule has 0 unspecified atom stereocenters. The van der Waals surface area contributed by atoms with Gasteiger partial charge in [0, 0.05) is 6.05 Å². The van der Waals surface area contributed by atoms with E-state index in [0.29, 0.717) is 0 Å². The van der Waals surface area contributed by atoms with Gasteiger partial charge in [-0.05, 0) is 23.7 Å². The molecule has 62 valence electrons. The second kappa shape index (κ2) is 3.57. The Morgan fingerprint density at radius 3 is 2.58 bits per heavy atom. The van der Waals surface area contributed by atoms with E-state index in [-0.39, 0.29) is 0 Å². The minimum atomic E-state index is -1.72. The molecule has 2 N–H and O–H groups in total. The van der Waals surface area contributed by atoms with Crippen LogP contribution >= 0.6 is 0 Å². The summed E-state index contributed by atoms with van der Waals surface area (Å²) in [5.41, 5.74) is -0.629. The molecule has 0 radical (unpaired) electrons. The fourth-order valence-electron chi connectivity index (χ4n) is 0.484. The molecule has 3 nitrogen and oxygen atoms in total. The molecule has 0 amide bonds. The van der Waals surface area contributed by atoms with Crippen molar-refractivity contribution in [2.24, 2.45) is 0 Å². The monoisotopic (exact) mass is 170 g/mol. The number of benzene rings is 1. The number of phenolic OH excluding ortho intramolecular Hbond substituents is 1. The van der Waals surface area contributed by atoms with Crippen LogP contribution in [0.4, 0.5) is 0 Å². The van der Waals surface area contributed by atoms with Gasteiger partial charge in [0.05, 0.1) is 8.22 Å². The smallest absolute Gasteiger partial charge is 0.328 e. The fraction of sp³-hybridized carbons (Fsp3) is 0. The molecule has 0 bridgehead atoms. The van der Waals surface area contributed by atoms with Gasteiger partial charge < -0.3 is 10.2 Å². The largest absolute Gasteiger partial charge is 0.508 e. The maximum Gasteiger partial charge on any atom is 0.328 e. The van der Waals surface area contributed by atoms with Crippen LogP contribution in [-0.2, 0) is 4.79 Å². The molecular formula is C9H8O3. The maximum atomic E-state index is 10.5. The molecule has 3 heteroatoms. The second-order valence-electron chi connectivity index (χ2n) is 1.78. The number of carboxylic acid groups (broad SMARTS) is 1. The van der Waals surface area contributed by atoms with Crippen molar-refractivity contribution in [1.29, 1.82) is 0 Å². The number of rotatable bonds is 2. The Kier molecular flexibility index (Phi) is 0.985. The van der Waals surface area contributed by atoms with Crippen LogP contribution in [0.3, 0.4) is 0 Å². The minimum Gasteiger partial charge on any atom is -0.508 e. The van der Waals surface area contributed by atoms with Crippen molar-refractivity contribution in [1.82, 2.24) is 0 Å². The molecule has 1 aromatic carbocycles. The Morgan fingerprint density at radius 2 is 2.08 bits per heavy atom. The van der Waals surface area contributed by atoms with Crippen molar-refractivity contribution in [3.8, 4) is 5.75 Å². The third kappa shape index (κ3) is 2.46. The summed E-state index contributed by atoms with van der Waals surface area (Å²) in [7, 11) is 0. The van der Waals surface area contributed by atoms with E-state index >= 15 is 0 Å². The van der Waals surface area contributed by atoms with Crippen LogP contribution in [0.5, 0.6) is 5.75 Å². The summed E-state index contributed by atoms with van der Waals surface area (Å²) in [4.78, 5) is 10.5. The Labute approximate surface area is 78.0 Å². The van der Waals surface area contributed by atoms with Crippen LogP contribution in [0.15, 0.2) is 30.2 Å². The molecule has 1 aromatic rings. The Morgan fingerprint density at radius 1 is 1.50 bits per heavy atom. The average molecular weight is 170 g/mol. The molecule has 0 heterocycles. The molecule has 0 aliphatic rings. The highest BCUT2D eigenvalue weighted by Crippen LogP contribution is 2.10. The lowest BCUT2D eigenvalue weighted by Gasteiger charge is -1.92.